The van der Waals surface area contributed by atoms with Crippen molar-refractivity contribution in [2.24, 2.45) is 0 Å². The van der Waals surface area contributed by atoms with E-state index >= 15 is 0 Å². The van der Waals surface area contributed by atoms with Crippen molar-refractivity contribution < 1.29 is 8.42 Å². The third-order valence-corrected chi connectivity index (χ3v) is 6.06. The number of aryl methyl sites for hydroxylation is 2. The number of sulfonamides is 1. The Bertz CT molecular complexity index is 755. The second-order valence-electron chi connectivity index (χ2n) is 4.82. The highest BCUT2D eigenvalue weighted by Gasteiger charge is 2.23. The molecule has 21 heavy (non-hydrogen) atoms. The third-order valence-electron chi connectivity index (χ3n) is 3.34. The lowest BCUT2D eigenvalue weighted by Gasteiger charge is -2.15. The van der Waals surface area contributed by atoms with Crippen LogP contribution in [0, 0.1) is 20.8 Å². The number of nitrogens with one attached hydrogen (secondary N) is 1. The Morgan fingerprint density at radius 1 is 1.24 bits per heavy atom. The van der Waals surface area contributed by atoms with Gasteiger partial charge in [0.15, 0.2) is 0 Å². The quantitative estimate of drug-likeness (QED) is 0.841. The number of nitrogens with two attached hydrogens (primary N) is 1. The minimum Gasteiger partial charge on any atom is -0.398 e. The second-order valence-corrected chi connectivity index (χ2v) is 7.50. The van der Waals surface area contributed by atoms with E-state index in [1.165, 1.54) is 11.3 Å². The summed E-state index contributed by atoms with van der Waals surface area (Å²) in [7, 11) is -3.74. The van der Waals surface area contributed by atoms with Crippen LogP contribution in [0.25, 0.3) is 0 Å². The van der Waals surface area contributed by atoms with Crippen LogP contribution in [0.3, 0.4) is 0 Å². The average Bonchev–Trinajstić information content (AvgIpc) is 2.83. The zero-order valence-corrected chi connectivity index (χ0v) is 14.0. The molecule has 1 aromatic heterocycles. The highest BCUT2D eigenvalue weighted by Crippen LogP contribution is 2.30. The molecule has 2 aromatic rings. The van der Waals surface area contributed by atoms with Crippen molar-refractivity contribution in [2.75, 3.05) is 10.5 Å². The fraction of sp³-hybridized carbons (Fsp3) is 0.385. The third kappa shape index (κ3) is 3.01. The number of nitrogens with zero attached hydrogens (tertiary/aromatic N) is 2. The van der Waals surface area contributed by atoms with Crippen molar-refractivity contribution >= 4 is 32.2 Å². The summed E-state index contributed by atoms with van der Waals surface area (Å²) < 4.78 is 27.7. The largest absolute Gasteiger partial charge is 0.398 e. The Labute approximate surface area is 128 Å². The number of hydrogen-bond donors (Lipinski definition) is 2. The first-order valence-electron chi connectivity index (χ1n) is 6.47. The predicted molar refractivity (Wildman–Crippen MR) is 85.2 cm³/mol. The molecule has 6 nitrogen and oxygen atoms in total. The molecule has 2 rings (SSSR count). The maximum Gasteiger partial charge on any atom is 0.264 e. The van der Waals surface area contributed by atoms with Crippen molar-refractivity contribution in [2.45, 2.75) is 39.0 Å². The molecular weight excluding hydrogens is 308 g/mol. The lowest BCUT2D eigenvalue weighted by Crippen LogP contribution is -2.17. The molecule has 0 bridgehead atoms. The van der Waals surface area contributed by atoms with Crippen LogP contribution < -0.4 is 10.5 Å². The molecule has 0 aliphatic rings. The number of hydrogen-bond acceptors (Lipinski definition) is 6. The molecule has 0 spiro atoms. The summed E-state index contributed by atoms with van der Waals surface area (Å²) in [6, 6.07) is 1.78. The van der Waals surface area contributed by atoms with Crippen LogP contribution in [0.2, 0.25) is 0 Å². The summed E-state index contributed by atoms with van der Waals surface area (Å²) in [6.07, 6.45) is 0.717. The first-order valence-corrected chi connectivity index (χ1v) is 8.77. The summed E-state index contributed by atoms with van der Waals surface area (Å²) in [6.45, 7) is 7.25. The van der Waals surface area contributed by atoms with Gasteiger partial charge in [0.2, 0.25) is 5.13 Å². The predicted octanol–water partition coefficient (Wildman–Crippen LogP) is 2.41. The van der Waals surface area contributed by atoms with Crippen LogP contribution in [-0.4, -0.2) is 18.6 Å². The molecule has 3 N–H and O–H groups in total. The Hall–Kier alpha value is -1.67. The van der Waals surface area contributed by atoms with E-state index < -0.39 is 10.0 Å². The Morgan fingerprint density at radius 3 is 2.48 bits per heavy atom. The standard InChI is InChI=1S/C13H18N4O2S2/c1-5-11-15-16-13(20-11)17-21(18,19)12-8(3)7(2)6-10(14)9(12)4/h6H,5,14H2,1-4H3,(H,16,17). The van der Waals surface area contributed by atoms with E-state index in [0.717, 1.165) is 17.0 Å². The maximum atomic E-state index is 12.6. The van der Waals surface area contributed by atoms with Crippen molar-refractivity contribution in [3.63, 3.8) is 0 Å². The Kier molecular flexibility index (Phi) is 4.20. The molecule has 0 saturated heterocycles. The van der Waals surface area contributed by atoms with Gasteiger partial charge in [0, 0.05) is 5.69 Å². The molecule has 1 aromatic carbocycles. The van der Waals surface area contributed by atoms with Gasteiger partial charge in [0.05, 0.1) is 4.90 Å². The van der Waals surface area contributed by atoms with Crippen LogP contribution in [0.5, 0.6) is 0 Å². The smallest absolute Gasteiger partial charge is 0.264 e. The summed E-state index contributed by atoms with van der Waals surface area (Å²) in [5, 5.41) is 8.81. The van der Waals surface area contributed by atoms with Gasteiger partial charge >= 0.3 is 0 Å². The van der Waals surface area contributed by atoms with Gasteiger partial charge in [-0.25, -0.2) is 8.42 Å². The zero-order valence-electron chi connectivity index (χ0n) is 12.4. The molecule has 8 heteroatoms. The highest BCUT2D eigenvalue weighted by molar-refractivity contribution is 7.93. The number of anilines is 2. The monoisotopic (exact) mass is 326 g/mol. The van der Waals surface area contributed by atoms with E-state index in [4.69, 9.17) is 5.73 Å². The minimum absolute atomic E-state index is 0.216. The van der Waals surface area contributed by atoms with Gasteiger partial charge in [-0.1, -0.05) is 18.3 Å². The van der Waals surface area contributed by atoms with Gasteiger partial charge in [-0.3, -0.25) is 4.72 Å². The van der Waals surface area contributed by atoms with E-state index in [1.807, 2.05) is 13.8 Å². The number of benzene rings is 1. The van der Waals surface area contributed by atoms with Gasteiger partial charge in [0.25, 0.3) is 10.0 Å². The zero-order chi connectivity index (χ0) is 15.8. The summed E-state index contributed by atoms with van der Waals surface area (Å²) in [5.41, 5.74) is 8.43. The van der Waals surface area contributed by atoms with Crippen LogP contribution in [0.15, 0.2) is 11.0 Å². The fourth-order valence-electron chi connectivity index (χ4n) is 2.05. The molecule has 0 atom stereocenters. The van der Waals surface area contributed by atoms with E-state index in [-0.39, 0.29) is 10.0 Å². The first-order chi connectivity index (χ1) is 9.76. The summed E-state index contributed by atoms with van der Waals surface area (Å²) >= 11 is 1.23. The molecular formula is C13H18N4O2S2. The molecule has 0 radical (unpaired) electrons. The first kappa shape index (κ1) is 15.7. The van der Waals surface area contributed by atoms with E-state index in [1.54, 1.807) is 19.9 Å². The van der Waals surface area contributed by atoms with Crippen LogP contribution in [0.1, 0.15) is 28.6 Å². The van der Waals surface area contributed by atoms with Crippen LogP contribution in [-0.2, 0) is 16.4 Å². The summed E-state index contributed by atoms with van der Waals surface area (Å²) in [5.74, 6) is 0. The van der Waals surface area contributed by atoms with Crippen molar-refractivity contribution in [1.82, 2.24) is 10.2 Å². The SMILES string of the molecule is CCc1nnc(NS(=O)(=O)c2c(C)c(C)cc(N)c2C)s1. The van der Waals surface area contributed by atoms with Gasteiger partial charge in [-0.2, -0.15) is 0 Å². The molecule has 0 aliphatic carbocycles. The highest BCUT2D eigenvalue weighted by atomic mass is 32.2. The molecule has 1 heterocycles. The van der Waals surface area contributed by atoms with Crippen molar-refractivity contribution in [3.8, 4) is 0 Å². The average molecular weight is 326 g/mol. The van der Waals surface area contributed by atoms with Gasteiger partial charge in [0.1, 0.15) is 5.01 Å². The molecule has 0 fully saturated rings. The van der Waals surface area contributed by atoms with E-state index in [9.17, 15) is 8.42 Å². The fourth-order valence-corrected chi connectivity index (χ4v) is 4.53. The molecule has 0 unspecified atom stereocenters. The lowest BCUT2D eigenvalue weighted by molar-refractivity contribution is 0.600. The summed E-state index contributed by atoms with van der Waals surface area (Å²) in [4.78, 5) is 0.216. The van der Waals surface area contributed by atoms with Crippen molar-refractivity contribution in [3.05, 3.63) is 27.8 Å². The number of nitrogen functional groups attached to an aromatic ring is 1. The number of rotatable bonds is 4. The van der Waals surface area contributed by atoms with Crippen molar-refractivity contribution in [1.29, 1.82) is 0 Å². The number of aromatic nitrogens is 2. The van der Waals surface area contributed by atoms with Gasteiger partial charge < -0.3 is 5.73 Å². The molecule has 114 valence electrons. The lowest BCUT2D eigenvalue weighted by atomic mass is 10.1. The normalized spacial score (nSPS) is 11.6. The van der Waals surface area contributed by atoms with Gasteiger partial charge in [-0.15, -0.1) is 10.2 Å². The second kappa shape index (κ2) is 5.61. The Balaban J connectivity index is 2.49. The van der Waals surface area contributed by atoms with E-state index in [2.05, 4.69) is 14.9 Å². The van der Waals surface area contributed by atoms with Gasteiger partial charge in [-0.05, 0) is 49.9 Å². The Morgan fingerprint density at radius 2 is 1.90 bits per heavy atom. The minimum atomic E-state index is -3.74. The molecule has 0 saturated carbocycles. The molecule has 0 amide bonds. The van der Waals surface area contributed by atoms with E-state index in [0.29, 0.717) is 16.8 Å². The topological polar surface area (TPSA) is 98.0 Å². The van der Waals surface area contributed by atoms with Crippen LogP contribution in [0.4, 0.5) is 10.8 Å². The van der Waals surface area contributed by atoms with Crippen LogP contribution >= 0.6 is 11.3 Å². The molecule has 0 aliphatic heterocycles. The maximum absolute atomic E-state index is 12.6.